The highest BCUT2D eigenvalue weighted by Gasteiger charge is 2.33. The highest BCUT2D eigenvalue weighted by Crippen LogP contribution is 2.41. The van der Waals surface area contributed by atoms with Crippen molar-refractivity contribution in [3.63, 3.8) is 0 Å². The fourth-order valence-electron chi connectivity index (χ4n) is 3.07. The van der Waals surface area contributed by atoms with E-state index in [4.69, 9.17) is 0 Å². The monoisotopic (exact) mass is 410 g/mol. The molecule has 0 radical (unpaired) electrons. The van der Waals surface area contributed by atoms with Gasteiger partial charge in [-0.2, -0.15) is 0 Å². The number of thioether (sulfide) groups is 1. The van der Waals surface area contributed by atoms with Crippen LogP contribution in [0.1, 0.15) is 10.9 Å². The third-order valence-corrected chi connectivity index (χ3v) is 7.01. The van der Waals surface area contributed by atoms with E-state index in [2.05, 4.69) is 4.72 Å². The Labute approximate surface area is 168 Å². The van der Waals surface area contributed by atoms with Crippen LogP contribution in [0.4, 0.5) is 11.4 Å². The fraction of sp³-hybridized carbons (Fsp3) is 0.0952. The van der Waals surface area contributed by atoms with Crippen LogP contribution in [0, 0.1) is 0 Å². The van der Waals surface area contributed by atoms with Gasteiger partial charge in [-0.25, -0.2) is 8.42 Å². The van der Waals surface area contributed by atoms with Crippen LogP contribution in [0.3, 0.4) is 0 Å². The van der Waals surface area contributed by atoms with Crippen molar-refractivity contribution in [2.75, 3.05) is 15.4 Å². The number of amides is 1. The second-order valence-corrected chi connectivity index (χ2v) is 9.05. The molecule has 1 saturated heterocycles. The first kappa shape index (κ1) is 18.6. The second-order valence-electron chi connectivity index (χ2n) is 6.30. The molecule has 5 nitrogen and oxygen atoms in total. The van der Waals surface area contributed by atoms with Gasteiger partial charge in [0.25, 0.3) is 10.0 Å². The topological polar surface area (TPSA) is 66.5 Å². The molecule has 1 heterocycles. The maximum absolute atomic E-state index is 12.5. The summed E-state index contributed by atoms with van der Waals surface area (Å²) in [6.45, 7) is 0. The highest BCUT2D eigenvalue weighted by molar-refractivity contribution is 8.00. The van der Waals surface area contributed by atoms with Gasteiger partial charge in [-0.1, -0.05) is 48.5 Å². The smallest absolute Gasteiger partial charge is 0.261 e. The molecule has 1 aliphatic rings. The van der Waals surface area contributed by atoms with Crippen LogP contribution in [0.15, 0.2) is 89.8 Å². The van der Waals surface area contributed by atoms with E-state index in [0.717, 1.165) is 11.3 Å². The van der Waals surface area contributed by atoms with Crippen LogP contribution in [-0.4, -0.2) is 20.1 Å². The number of carbonyl (C=O) groups excluding carboxylic acids is 1. The first-order valence-electron chi connectivity index (χ1n) is 8.71. The van der Waals surface area contributed by atoms with Crippen molar-refractivity contribution in [1.82, 2.24) is 0 Å². The van der Waals surface area contributed by atoms with Crippen molar-refractivity contribution >= 4 is 39.1 Å². The van der Waals surface area contributed by atoms with Crippen molar-refractivity contribution < 1.29 is 13.2 Å². The van der Waals surface area contributed by atoms with Crippen LogP contribution in [-0.2, 0) is 14.8 Å². The molecule has 1 atom stereocenters. The molecule has 0 unspecified atom stereocenters. The fourth-order valence-corrected chi connectivity index (χ4v) is 5.33. The first-order valence-corrected chi connectivity index (χ1v) is 11.2. The molecule has 1 N–H and O–H groups in total. The highest BCUT2D eigenvalue weighted by atomic mass is 32.2. The molecule has 3 aromatic carbocycles. The number of carbonyl (C=O) groups is 1. The van der Waals surface area contributed by atoms with Gasteiger partial charge >= 0.3 is 0 Å². The summed E-state index contributed by atoms with van der Waals surface area (Å²) in [6.07, 6.45) is 0. The normalized spacial score (nSPS) is 16.9. The first-order chi connectivity index (χ1) is 13.5. The standard InChI is InChI=1S/C21H18N2O3S2/c24-20-15-27-21(23(20)18-7-3-1-4-8-18)16-11-13-17(14-12-16)22-28(25,26)19-9-5-2-6-10-19/h1-14,21-22H,15H2/t21-/m0/s1. The van der Waals surface area contributed by atoms with Gasteiger partial charge in [-0.15, -0.1) is 11.8 Å². The Morgan fingerprint density at radius 2 is 1.46 bits per heavy atom. The van der Waals surface area contributed by atoms with Crippen molar-refractivity contribution in [2.24, 2.45) is 0 Å². The van der Waals surface area contributed by atoms with E-state index < -0.39 is 10.0 Å². The van der Waals surface area contributed by atoms with Crippen LogP contribution in [0.5, 0.6) is 0 Å². The number of hydrogen-bond donors (Lipinski definition) is 1. The Morgan fingerprint density at radius 3 is 2.11 bits per heavy atom. The molecule has 7 heteroatoms. The second kappa shape index (κ2) is 7.69. The van der Waals surface area contributed by atoms with Gasteiger partial charge in [0.2, 0.25) is 5.91 Å². The van der Waals surface area contributed by atoms with Crippen molar-refractivity contribution in [3.8, 4) is 0 Å². The van der Waals surface area contributed by atoms with Gasteiger partial charge in [0.15, 0.2) is 0 Å². The number of benzene rings is 3. The molecule has 0 spiro atoms. The summed E-state index contributed by atoms with van der Waals surface area (Å²) in [5.41, 5.74) is 2.28. The molecule has 0 saturated carbocycles. The number of sulfonamides is 1. The predicted molar refractivity (Wildman–Crippen MR) is 113 cm³/mol. The minimum Gasteiger partial charge on any atom is -0.295 e. The predicted octanol–water partition coefficient (Wildman–Crippen LogP) is 4.27. The lowest BCUT2D eigenvalue weighted by molar-refractivity contribution is -0.115. The summed E-state index contributed by atoms with van der Waals surface area (Å²) in [7, 11) is -3.63. The Balaban J connectivity index is 1.56. The lowest BCUT2D eigenvalue weighted by atomic mass is 10.1. The van der Waals surface area contributed by atoms with E-state index >= 15 is 0 Å². The molecule has 3 aromatic rings. The third-order valence-electron chi connectivity index (χ3n) is 4.40. The molecule has 28 heavy (non-hydrogen) atoms. The molecule has 0 bridgehead atoms. The Morgan fingerprint density at radius 1 is 0.857 bits per heavy atom. The van der Waals surface area contributed by atoms with Crippen molar-refractivity contribution in [3.05, 3.63) is 90.5 Å². The molecule has 142 valence electrons. The zero-order valence-corrected chi connectivity index (χ0v) is 16.5. The molecular weight excluding hydrogens is 392 g/mol. The summed E-state index contributed by atoms with van der Waals surface area (Å²) in [6, 6.07) is 25.0. The van der Waals surface area contributed by atoms with E-state index in [0.29, 0.717) is 11.4 Å². The van der Waals surface area contributed by atoms with Crippen LogP contribution < -0.4 is 9.62 Å². The van der Waals surface area contributed by atoms with Gasteiger partial charge in [0.05, 0.1) is 10.6 Å². The Kier molecular flexibility index (Phi) is 5.11. The lowest BCUT2D eigenvalue weighted by Gasteiger charge is -2.24. The number of rotatable bonds is 5. The number of anilines is 2. The van der Waals surface area contributed by atoms with Gasteiger partial charge in [0.1, 0.15) is 5.37 Å². The molecule has 1 amide bonds. The molecule has 1 fully saturated rings. The van der Waals surface area contributed by atoms with E-state index in [1.807, 2.05) is 42.5 Å². The quantitative estimate of drug-likeness (QED) is 0.682. The van der Waals surface area contributed by atoms with E-state index in [-0.39, 0.29) is 16.2 Å². The Hall–Kier alpha value is -2.77. The largest absolute Gasteiger partial charge is 0.295 e. The van der Waals surface area contributed by atoms with Crippen molar-refractivity contribution in [1.29, 1.82) is 0 Å². The van der Waals surface area contributed by atoms with E-state index in [1.54, 1.807) is 59.1 Å². The zero-order valence-electron chi connectivity index (χ0n) is 14.9. The minimum atomic E-state index is -3.63. The average molecular weight is 411 g/mol. The molecule has 1 aliphatic heterocycles. The average Bonchev–Trinajstić information content (AvgIpc) is 3.11. The van der Waals surface area contributed by atoms with Crippen LogP contribution >= 0.6 is 11.8 Å². The molecule has 0 aliphatic carbocycles. The summed E-state index contributed by atoms with van der Waals surface area (Å²) < 4.78 is 27.5. The van der Waals surface area contributed by atoms with Gasteiger partial charge in [-0.05, 0) is 42.0 Å². The molecule has 0 aromatic heterocycles. The summed E-state index contributed by atoms with van der Waals surface area (Å²) in [5.74, 6) is 0.483. The molecular formula is C21H18N2O3S2. The maximum Gasteiger partial charge on any atom is 0.261 e. The van der Waals surface area contributed by atoms with Crippen LogP contribution in [0.2, 0.25) is 0 Å². The lowest BCUT2D eigenvalue weighted by Crippen LogP contribution is -2.27. The minimum absolute atomic E-state index is 0.0649. The molecule has 4 rings (SSSR count). The van der Waals surface area contributed by atoms with E-state index in [1.165, 1.54) is 0 Å². The summed E-state index contributed by atoms with van der Waals surface area (Å²) in [5, 5.41) is -0.130. The van der Waals surface area contributed by atoms with Crippen LogP contribution in [0.25, 0.3) is 0 Å². The zero-order chi connectivity index (χ0) is 19.6. The van der Waals surface area contributed by atoms with Gasteiger partial charge in [0, 0.05) is 11.4 Å². The van der Waals surface area contributed by atoms with Gasteiger partial charge < -0.3 is 0 Å². The number of nitrogens with zero attached hydrogens (tertiary/aromatic N) is 1. The van der Waals surface area contributed by atoms with Gasteiger partial charge in [-0.3, -0.25) is 14.4 Å². The Bertz CT molecular complexity index is 1070. The SMILES string of the molecule is O=C1CS[C@@H](c2ccc(NS(=O)(=O)c3ccccc3)cc2)N1c1ccccc1. The number of hydrogen-bond acceptors (Lipinski definition) is 4. The number of para-hydroxylation sites is 1. The third kappa shape index (κ3) is 3.76. The van der Waals surface area contributed by atoms with E-state index in [9.17, 15) is 13.2 Å². The van der Waals surface area contributed by atoms with Crippen molar-refractivity contribution in [2.45, 2.75) is 10.3 Å². The summed E-state index contributed by atoms with van der Waals surface area (Å²) in [4.78, 5) is 14.4. The summed E-state index contributed by atoms with van der Waals surface area (Å²) >= 11 is 1.56. The number of nitrogens with one attached hydrogen (secondary N) is 1. The maximum atomic E-state index is 12.5.